The van der Waals surface area contributed by atoms with Crippen molar-refractivity contribution < 1.29 is 13.6 Å². The first-order chi connectivity index (χ1) is 15.5. The van der Waals surface area contributed by atoms with Crippen molar-refractivity contribution in [1.82, 2.24) is 15.1 Å². The van der Waals surface area contributed by atoms with E-state index >= 15 is 0 Å². The van der Waals surface area contributed by atoms with Crippen LogP contribution in [0.3, 0.4) is 0 Å². The summed E-state index contributed by atoms with van der Waals surface area (Å²) in [6.07, 6.45) is 1.57. The molecule has 2 fully saturated rings. The Bertz CT molecular complexity index is 988. The van der Waals surface area contributed by atoms with Gasteiger partial charge in [0.1, 0.15) is 11.6 Å². The maximum atomic E-state index is 14.1. The molecule has 0 aromatic heterocycles. The van der Waals surface area contributed by atoms with Crippen molar-refractivity contribution in [2.75, 3.05) is 44.7 Å². The Morgan fingerprint density at radius 3 is 2.47 bits per heavy atom. The standard InChI is InChI=1S/C24H29F2N5O/c1-27-24(30-13-11-29(12-14-30)22-15-20(25)8-9-21(22)26)28-16-18-5-2-3-6-19(18)17-31-10-4-7-23(31)32/h2-3,5-6,8-9,15H,4,7,10-14,16-17H2,1H3,(H,27,28). The van der Waals surface area contributed by atoms with Crippen LogP contribution in [0.15, 0.2) is 47.5 Å². The third kappa shape index (κ3) is 5.00. The van der Waals surface area contributed by atoms with Crippen LogP contribution >= 0.6 is 0 Å². The van der Waals surface area contributed by atoms with E-state index in [1.165, 1.54) is 12.1 Å². The number of amides is 1. The number of carbonyl (C=O) groups excluding carboxylic acids is 1. The fraction of sp³-hybridized carbons (Fsp3) is 0.417. The van der Waals surface area contributed by atoms with Gasteiger partial charge in [-0.15, -0.1) is 0 Å². The highest BCUT2D eigenvalue weighted by molar-refractivity contribution is 5.80. The maximum Gasteiger partial charge on any atom is 0.222 e. The lowest BCUT2D eigenvalue weighted by Gasteiger charge is -2.37. The van der Waals surface area contributed by atoms with Gasteiger partial charge in [0.05, 0.1) is 5.69 Å². The lowest BCUT2D eigenvalue weighted by molar-refractivity contribution is -0.128. The molecule has 2 saturated heterocycles. The minimum atomic E-state index is -0.435. The second-order valence-corrected chi connectivity index (χ2v) is 8.16. The first-order valence-electron chi connectivity index (χ1n) is 11.1. The van der Waals surface area contributed by atoms with Crippen LogP contribution in [-0.2, 0) is 17.9 Å². The van der Waals surface area contributed by atoms with Gasteiger partial charge in [-0.05, 0) is 29.7 Å². The number of piperazine rings is 1. The van der Waals surface area contributed by atoms with Crippen molar-refractivity contribution in [3.63, 3.8) is 0 Å². The molecule has 2 heterocycles. The van der Waals surface area contributed by atoms with E-state index in [0.717, 1.165) is 36.1 Å². The highest BCUT2D eigenvalue weighted by Crippen LogP contribution is 2.22. The van der Waals surface area contributed by atoms with Crippen molar-refractivity contribution in [3.05, 3.63) is 65.2 Å². The molecule has 0 spiro atoms. The summed E-state index contributed by atoms with van der Waals surface area (Å²) in [5.74, 6) is 0.152. The van der Waals surface area contributed by atoms with Crippen molar-refractivity contribution in [3.8, 4) is 0 Å². The zero-order chi connectivity index (χ0) is 22.5. The van der Waals surface area contributed by atoms with Gasteiger partial charge in [-0.1, -0.05) is 24.3 Å². The number of anilines is 1. The molecule has 2 aromatic carbocycles. The lowest BCUT2D eigenvalue weighted by Crippen LogP contribution is -2.52. The van der Waals surface area contributed by atoms with Crippen molar-refractivity contribution in [2.45, 2.75) is 25.9 Å². The van der Waals surface area contributed by atoms with Crippen LogP contribution in [0.4, 0.5) is 14.5 Å². The summed E-state index contributed by atoms with van der Waals surface area (Å²) in [6, 6.07) is 11.7. The zero-order valence-corrected chi connectivity index (χ0v) is 18.4. The van der Waals surface area contributed by atoms with Crippen LogP contribution in [0.25, 0.3) is 0 Å². The van der Waals surface area contributed by atoms with E-state index in [1.807, 2.05) is 21.9 Å². The minimum Gasteiger partial charge on any atom is -0.366 e. The number of nitrogens with one attached hydrogen (secondary N) is 1. The average Bonchev–Trinajstić information content (AvgIpc) is 3.21. The molecule has 0 aliphatic carbocycles. The third-order valence-electron chi connectivity index (χ3n) is 6.13. The molecule has 1 amide bonds. The van der Waals surface area contributed by atoms with E-state index in [9.17, 15) is 13.6 Å². The first kappa shape index (κ1) is 22.0. The summed E-state index contributed by atoms with van der Waals surface area (Å²) in [6.45, 7) is 4.51. The Morgan fingerprint density at radius 1 is 1.03 bits per heavy atom. The average molecular weight is 442 g/mol. The Hall–Kier alpha value is -3.16. The number of benzene rings is 2. The third-order valence-corrected chi connectivity index (χ3v) is 6.13. The van der Waals surface area contributed by atoms with Crippen LogP contribution in [0.2, 0.25) is 0 Å². The molecular formula is C24H29F2N5O. The fourth-order valence-electron chi connectivity index (χ4n) is 4.35. The van der Waals surface area contributed by atoms with Gasteiger partial charge < -0.3 is 20.0 Å². The number of hydrogen-bond donors (Lipinski definition) is 1. The van der Waals surface area contributed by atoms with Crippen molar-refractivity contribution in [2.24, 2.45) is 4.99 Å². The number of halogens is 2. The molecule has 0 atom stereocenters. The molecule has 0 saturated carbocycles. The van der Waals surface area contributed by atoms with Gasteiger partial charge in [0.15, 0.2) is 5.96 Å². The molecule has 2 aliphatic rings. The van der Waals surface area contributed by atoms with Crippen LogP contribution < -0.4 is 10.2 Å². The van der Waals surface area contributed by atoms with Gasteiger partial charge in [-0.3, -0.25) is 9.79 Å². The van der Waals surface area contributed by atoms with E-state index in [0.29, 0.717) is 51.4 Å². The molecule has 6 nitrogen and oxygen atoms in total. The second kappa shape index (κ2) is 9.97. The van der Waals surface area contributed by atoms with Gasteiger partial charge in [-0.25, -0.2) is 8.78 Å². The highest BCUT2D eigenvalue weighted by atomic mass is 19.1. The lowest BCUT2D eigenvalue weighted by atomic mass is 10.1. The first-order valence-corrected chi connectivity index (χ1v) is 11.1. The van der Waals surface area contributed by atoms with E-state index < -0.39 is 11.6 Å². The Morgan fingerprint density at radius 2 is 1.78 bits per heavy atom. The number of guanidine groups is 1. The molecule has 8 heteroatoms. The molecule has 32 heavy (non-hydrogen) atoms. The number of nitrogens with zero attached hydrogens (tertiary/aromatic N) is 4. The van der Waals surface area contributed by atoms with E-state index in [-0.39, 0.29) is 5.91 Å². The monoisotopic (exact) mass is 441 g/mol. The largest absolute Gasteiger partial charge is 0.366 e. The van der Waals surface area contributed by atoms with Crippen LogP contribution in [0.1, 0.15) is 24.0 Å². The normalized spacial score (nSPS) is 17.3. The van der Waals surface area contributed by atoms with Crippen LogP contribution in [0, 0.1) is 11.6 Å². The number of likely N-dealkylation sites (tertiary alicyclic amines) is 1. The summed E-state index contributed by atoms with van der Waals surface area (Å²) in [7, 11) is 1.75. The topological polar surface area (TPSA) is 51.2 Å². The van der Waals surface area contributed by atoms with E-state index in [4.69, 9.17) is 0 Å². The zero-order valence-electron chi connectivity index (χ0n) is 18.4. The highest BCUT2D eigenvalue weighted by Gasteiger charge is 2.23. The summed E-state index contributed by atoms with van der Waals surface area (Å²) in [4.78, 5) is 22.3. The number of rotatable bonds is 5. The van der Waals surface area contributed by atoms with E-state index in [1.54, 1.807) is 7.05 Å². The minimum absolute atomic E-state index is 0.219. The van der Waals surface area contributed by atoms with Gasteiger partial charge in [0.2, 0.25) is 5.91 Å². The fourth-order valence-corrected chi connectivity index (χ4v) is 4.35. The number of carbonyl (C=O) groups is 1. The van der Waals surface area contributed by atoms with Gasteiger partial charge in [0, 0.05) is 65.3 Å². The smallest absolute Gasteiger partial charge is 0.222 e. The van der Waals surface area contributed by atoms with Crippen molar-refractivity contribution >= 4 is 17.6 Å². The molecule has 4 rings (SSSR count). The predicted molar refractivity (Wildman–Crippen MR) is 121 cm³/mol. The molecule has 2 aliphatic heterocycles. The molecule has 2 aromatic rings. The van der Waals surface area contributed by atoms with Crippen LogP contribution in [0.5, 0.6) is 0 Å². The molecule has 0 unspecified atom stereocenters. The molecule has 0 bridgehead atoms. The van der Waals surface area contributed by atoms with E-state index in [2.05, 4.69) is 27.3 Å². The molecule has 1 N–H and O–H groups in total. The number of aliphatic imine (C=N–C) groups is 1. The van der Waals surface area contributed by atoms with Crippen molar-refractivity contribution in [1.29, 1.82) is 0 Å². The Kier molecular flexibility index (Phi) is 6.87. The number of hydrogen-bond acceptors (Lipinski definition) is 3. The quantitative estimate of drug-likeness (QED) is 0.573. The van der Waals surface area contributed by atoms with Gasteiger partial charge in [0.25, 0.3) is 0 Å². The summed E-state index contributed by atoms with van der Waals surface area (Å²) in [5.41, 5.74) is 2.57. The molecule has 170 valence electrons. The van der Waals surface area contributed by atoms with Gasteiger partial charge in [-0.2, -0.15) is 0 Å². The summed E-state index contributed by atoms with van der Waals surface area (Å²) < 4.78 is 27.7. The Balaban J connectivity index is 1.35. The summed E-state index contributed by atoms with van der Waals surface area (Å²) in [5, 5.41) is 3.43. The van der Waals surface area contributed by atoms with Gasteiger partial charge >= 0.3 is 0 Å². The molecular weight excluding hydrogens is 412 g/mol. The summed E-state index contributed by atoms with van der Waals surface area (Å²) >= 11 is 0. The second-order valence-electron chi connectivity index (χ2n) is 8.16. The predicted octanol–water partition coefficient (Wildman–Crippen LogP) is 2.98. The SMILES string of the molecule is CN=C(NCc1ccccc1CN1CCCC1=O)N1CCN(c2cc(F)ccc2F)CC1. The Labute approximate surface area is 187 Å². The molecule has 0 radical (unpaired) electrons. The maximum absolute atomic E-state index is 14.1. The van der Waals surface area contributed by atoms with Crippen LogP contribution in [-0.4, -0.2) is 61.4 Å².